The predicted molar refractivity (Wildman–Crippen MR) is 68.1 cm³/mol. The van der Waals surface area contributed by atoms with Crippen molar-refractivity contribution in [3.05, 3.63) is 0 Å². The van der Waals surface area contributed by atoms with Crippen LogP contribution in [0.4, 0.5) is 0 Å². The van der Waals surface area contributed by atoms with E-state index in [4.69, 9.17) is 0 Å². The molecule has 0 aromatic rings. The van der Waals surface area contributed by atoms with Crippen LogP contribution in [0.1, 0.15) is 53.9 Å². The third-order valence-corrected chi connectivity index (χ3v) is 4.38. The summed E-state index contributed by atoms with van der Waals surface area (Å²) in [5.41, 5.74) is 0.200. The highest BCUT2D eigenvalue weighted by Crippen LogP contribution is 2.46. The first kappa shape index (κ1) is 13.5. The Morgan fingerprint density at radius 2 is 1.81 bits per heavy atom. The Balaban J connectivity index is 2.94. The summed E-state index contributed by atoms with van der Waals surface area (Å²) in [6.45, 7) is 13.2. The Bertz CT molecular complexity index is 273. The van der Waals surface area contributed by atoms with Crippen LogP contribution < -0.4 is 0 Å². The summed E-state index contributed by atoms with van der Waals surface area (Å²) in [6.07, 6.45) is 3.36. The van der Waals surface area contributed by atoms with Gasteiger partial charge in [0.1, 0.15) is 5.54 Å². The van der Waals surface area contributed by atoms with Gasteiger partial charge in [-0.2, -0.15) is 5.26 Å². The van der Waals surface area contributed by atoms with Gasteiger partial charge in [-0.25, -0.2) is 0 Å². The predicted octanol–water partition coefficient (Wildman–Crippen LogP) is 3.44. The van der Waals surface area contributed by atoms with E-state index in [-0.39, 0.29) is 5.54 Å². The molecule has 1 rings (SSSR count). The lowest BCUT2D eigenvalue weighted by Crippen LogP contribution is -2.55. The summed E-state index contributed by atoms with van der Waals surface area (Å²) in [6, 6.07) is 2.63. The molecule has 0 radical (unpaired) electrons. The summed E-state index contributed by atoms with van der Waals surface area (Å²) in [7, 11) is 0. The molecule has 2 atom stereocenters. The first-order chi connectivity index (χ1) is 7.41. The largest absolute Gasteiger partial charge is 0.286 e. The van der Waals surface area contributed by atoms with E-state index in [0.29, 0.717) is 11.3 Å². The first-order valence-electron chi connectivity index (χ1n) is 6.58. The van der Waals surface area contributed by atoms with Crippen molar-refractivity contribution in [2.75, 3.05) is 13.1 Å². The molecule has 92 valence electrons. The highest BCUT2D eigenvalue weighted by molar-refractivity contribution is 5.14. The molecule has 0 bridgehead atoms. The topological polar surface area (TPSA) is 27.0 Å². The molecule has 0 aliphatic heterocycles. The molecule has 0 amide bonds. The Kier molecular flexibility index (Phi) is 4.02. The molecule has 0 heterocycles. The average molecular weight is 222 g/mol. The van der Waals surface area contributed by atoms with E-state index < -0.39 is 0 Å². The molecule has 0 aromatic carbocycles. The van der Waals surface area contributed by atoms with Crippen LogP contribution in [-0.4, -0.2) is 23.5 Å². The molecule has 0 N–H and O–H groups in total. The van der Waals surface area contributed by atoms with Crippen molar-refractivity contribution in [3.63, 3.8) is 0 Å². The molecule has 1 saturated carbocycles. The van der Waals surface area contributed by atoms with Gasteiger partial charge in [-0.05, 0) is 43.7 Å². The van der Waals surface area contributed by atoms with Crippen molar-refractivity contribution >= 4 is 0 Å². The second-order valence-corrected chi connectivity index (χ2v) is 5.98. The van der Waals surface area contributed by atoms with Crippen LogP contribution in [0.15, 0.2) is 0 Å². The van der Waals surface area contributed by atoms with Crippen molar-refractivity contribution in [1.82, 2.24) is 4.90 Å². The Labute approximate surface area is 101 Å². The molecule has 2 unspecified atom stereocenters. The van der Waals surface area contributed by atoms with Gasteiger partial charge in [-0.15, -0.1) is 0 Å². The normalized spacial score (nSPS) is 33.7. The molecule has 16 heavy (non-hydrogen) atoms. The van der Waals surface area contributed by atoms with Crippen molar-refractivity contribution in [3.8, 4) is 6.07 Å². The Hall–Kier alpha value is -0.550. The maximum atomic E-state index is 9.62. The van der Waals surface area contributed by atoms with Crippen LogP contribution in [0.5, 0.6) is 0 Å². The molecule has 0 saturated heterocycles. The lowest BCUT2D eigenvalue weighted by molar-refractivity contribution is 0.0172. The van der Waals surface area contributed by atoms with E-state index in [0.717, 1.165) is 25.9 Å². The first-order valence-corrected chi connectivity index (χ1v) is 6.58. The van der Waals surface area contributed by atoms with Crippen LogP contribution in [0, 0.1) is 22.7 Å². The van der Waals surface area contributed by atoms with Gasteiger partial charge < -0.3 is 0 Å². The SMILES string of the molecule is CCN(CC)C1(C#N)CCC(C)(C)CC1C. The van der Waals surface area contributed by atoms with E-state index in [1.54, 1.807) is 0 Å². The molecule has 1 fully saturated rings. The summed E-state index contributed by atoms with van der Waals surface area (Å²) in [4.78, 5) is 2.35. The van der Waals surface area contributed by atoms with Crippen LogP contribution >= 0.6 is 0 Å². The summed E-state index contributed by atoms with van der Waals surface area (Å²) in [5, 5.41) is 9.62. The fraction of sp³-hybridized carbons (Fsp3) is 0.929. The van der Waals surface area contributed by atoms with Crippen molar-refractivity contribution in [1.29, 1.82) is 5.26 Å². The van der Waals surface area contributed by atoms with Gasteiger partial charge in [0.05, 0.1) is 6.07 Å². The fourth-order valence-corrected chi connectivity index (χ4v) is 3.37. The number of nitriles is 1. The van der Waals surface area contributed by atoms with Crippen molar-refractivity contribution < 1.29 is 0 Å². The summed E-state index contributed by atoms with van der Waals surface area (Å²) < 4.78 is 0. The third-order valence-electron chi connectivity index (χ3n) is 4.38. The molecule has 0 spiro atoms. The van der Waals surface area contributed by atoms with Crippen LogP contribution in [0.2, 0.25) is 0 Å². The van der Waals surface area contributed by atoms with Crippen molar-refractivity contribution in [2.24, 2.45) is 11.3 Å². The molecule has 1 aliphatic rings. The van der Waals surface area contributed by atoms with Gasteiger partial charge in [0.25, 0.3) is 0 Å². The summed E-state index contributed by atoms with van der Waals surface area (Å²) in [5.74, 6) is 0.473. The van der Waals surface area contributed by atoms with E-state index >= 15 is 0 Å². The lowest BCUT2D eigenvalue weighted by Gasteiger charge is -2.49. The minimum absolute atomic E-state index is 0.209. The zero-order valence-corrected chi connectivity index (χ0v) is 11.5. The highest BCUT2D eigenvalue weighted by atomic mass is 15.2. The maximum Gasteiger partial charge on any atom is 0.111 e. The smallest absolute Gasteiger partial charge is 0.111 e. The molecule has 2 nitrogen and oxygen atoms in total. The van der Waals surface area contributed by atoms with Crippen LogP contribution in [0.3, 0.4) is 0 Å². The standard InChI is InChI=1S/C14H26N2/c1-6-16(7-2)14(11-15)9-8-13(4,5)10-12(14)3/h12H,6-10H2,1-5H3. The van der Waals surface area contributed by atoms with Gasteiger partial charge in [0, 0.05) is 0 Å². The van der Waals surface area contributed by atoms with E-state index in [9.17, 15) is 5.26 Å². The minimum Gasteiger partial charge on any atom is -0.286 e. The number of rotatable bonds is 3. The quantitative estimate of drug-likeness (QED) is 0.731. The van der Waals surface area contributed by atoms with Gasteiger partial charge in [0.15, 0.2) is 0 Å². The number of hydrogen-bond donors (Lipinski definition) is 0. The average Bonchev–Trinajstić information content (AvgIpc) is 2.22. The molecular formula is C14H26N2. The van der Waals surface area contributed by atoms with Crippen LogP contribution in [0.25, 0.3) is 0 Å². The number of hydrogen-bond acceptors (Lipinski definition) is 2. The second kappa shape index (κ2) is 4.75. The zero-order valence-electron chi connectivity index (χ0n) is 11.5. The highest BCUT2D eigenvalue weighted by Gasteiger charge is 2.47. The van der Waals surface area contributed by atoms with Gasteiger partial charge in [-0.1, -0.05) is 34.6 Å². The van der Waals surface area contributed by atoms with Gasteiger partial charge in [0.2, 0.25) is 0 Å². The lowest BCUT2D eigenvalue weighted by atomic mass is 9.63. The third kappa shape index (κ3) is 2.25. The maximum absolute atomic E-state index is 9.62. The Morgan fingerprint density at radius 3 is 2.19 bits per heavy atom. The molecule has 0 aromatic heterocycles. The molecular weight excluding hydrogens is 196 g/mol. The van der Waals surface area contributed by atoms with E-state index in [1.807, 2.05) is 0 Å². The van der Waals surface area contributed by atoms with Gasteiger partial charge in [-0.3, -0.25) is 4.90 Å². The van der Waals surface area contributed by atoms with E-state index in [2.05, 4.69) is 45.6 Å². The monoisotopic (exact) mass is 222 g/mol. The second-order valence-electron chi connectivity index (χ2n) is 5.98. The van der Waals surface area contributed by atoms with E-state index in [1.165, 1.54) is 6.42 Å². The zero-order chi connectivity index (χ0) is 12.4. The van der Waals surface area contributed by atoms with Crippen LogP contribution in [-0.2, 0) is 0 Å². The van der Waals surface area contributed by atoms with Crippen molar-refractivity contribution in [2.45, 2.75) is 59.4 Å². The number of nitrogens with zero attached hydrogens (tertiary/aromatic N) is 2. The molecule has 1 aliphatic carbocycles. The molecule has 2 heteroatoms. The summed E-state index contributed by atoms with van der Waals surface area (Å²) >= 11 is 0. The fourth-order valence-electron chi connectivity index (χ4n) is 3.37. The Morgan fingerprint density at radius 1 is 1.25 bits per heavy atom. The minimum atomic E-state index is -0.209. The van der Waals surface area contributed by atoms with Gasteiger partial charge >= 0.3 is 0 Å².